The number of rotatable bonds is 3. The summed E-state index contributed by atoms with van der Waals surface area (Å²) >= 11 is 0. The average Bonchev–Trinajstić information content (AvgIpc) is 2.69. The number of nitrogens with one attached hydrogen (secondary N) is 1. The van der Waals surface area contributed by atoms with Crippen LogP contribution in [0.2, 0.25) is 0 Å². The maximum absolute atomic E-state index is 9.66. The molecular formula is C19H23NO. The Kier molecular flexibility index (Phi) is 3.50. The van der Waals surface area contributed by atoms with Crippen LogP contribution < -0.4 is 5.32 Å². The van der Waals surface area contributed by atoms with Gasteiger partial charge in [-0.25, -0.2) is 0 Å². The molecule has 0 aromatic heterocycles. The smallest absolute Gasteiger partial charge is 0.115 e. The van der Waals surface area contributed by atoms with Crippen LogP contribution in [0.25, 0.3) is 0 Å². The zero-order valence-electron chi connectivity index (χ0n) is 12.9. The van der Waals surface area contributed by atoms with Crippen molar-refractivity contribution in [2.75, 3.05) is 0 Å². The largest absolute Gasteiger partial charge is 0.508 e. The van der Waals surface area contributed by atoms with Gasteiger partial charge in [0.15, 0.2) is 0 Å². The van der Waals surface area contributed by atoms with Gasteiger partial charge in [0.2, 0.25) is 0 Å². The van der Waals surface area contributed by atoms with Gasteiger partial charge in [0.05, 0.1) is 0 Å². The van der Waals surface area contributed by atoms with Crippen molar-refractivity contribution in [3.05, 3.63) is 65.2 Å². The number of fused-ring (bicyclic) bond motifs is 1. The Morgan fingerprint density at radius 3 is 2.67 bits per heavy atom. The Bertz CT molecular complexity index is 648. The SMILES string of the molecule is CC(NC1c2ccccc2CC1(C)C)c1cccc(O)c1. The first-order valence-electron chi connectivity index (χ1n) is 7.60. The topological polar surface area (TPSA) is 32.3 Å². The molecule has 2 aromatic carbocycles. The first-order chi connectivity index (χ1) is 9.97. The average molecular weight is 281 g/mol. The monoisotopic (exact) mass is 281 g/mol. The van der Waals surface area contributed by atoms with Crippen LogP contribution >= 0.6 is 0 Å². The predicted octanol–water partition coefficient (Wildman–Crippen LogP) is 4.37. The van der Waals surface area contributed by atoms with Gasteiger partial charge in [0, 0.05) is 12.1 Å². The van der Waals surface area contributed by atoms with Gasteiger partial charge in [-0.1, -0.05) is 50.2 Å². The molecule has 2 heteroatoms. The van der Waals surface area contributed by atoms with Crippen molar-refractivity contribution in [3.63, 3.8) is 0 Å². The van der Waals surface area contributed by atoms with Crippen molar-refractivity contribution in [3.8, 4) is 5.75 Å². The van der Waals surface area contributed by atoms with E-state index in [0.717, 1.165) is 12.0 Å². The number of benzene rings is 2. The van der Waals surface area contributed by atoms with E-state index in [1.54, 1.807) is 6.07 Å². The zero-order chi connectivity index (χ0) is 15.0. The Balaban J connectivity index is 1.87. The van der Waals surface area contributed by atoms with Crippen molar-refractivity contribution >= 4 is 0 Å². The van der Waals surface area contributed by atoms with E-state index in [2.05, 4.69) is 56.4 Å². The highest BCUT2D eigenvalue weighted by Gasteiger charge is 2.39. The van der Waals surface area contributed by atoms with E-state index in [1.807, 2.05) is 12.1 Å². The van der Waals surface area contributed by atoms with Gasteiger partial charge in [-0.05, 0) is 47.6 Å². The number of aromatic hydroxyl groups is 1. The molecule has 0 aliphatic heterocycles. The summed E-state index contributed by atoms with van der Waals surface area (Å²) in [6.45, 7) is 6.80. The second kappa shape index (κ2) is 5.19. The molecule has 0 bridgehead atoms. The molecular weight excluding hydrogens is 258 g/mol. The fourth-order valence-electron chi connectivity index (χ4n) is 3.45. The van der Waals surface area contributed by atoms with Crippen LogP contribution in [0.15, 0.2) is 48.5 Å². The van der Waals surface area contributed by atoms with E-state index in [-0.39, 0.29) is 11.5 Å². The summed E-state index contributed by atoms with van der Waals surface area (Å²) in [6.07, 6.45) is 1.10. The van der Waals surface area contributed by atoms with Gasteiger partial charge in [0.1, 0.15) is 5.75 Å². The molecule has 2 aromatic rings. The molecule has 2 unspecified atom stereocenters. The summed E-state index contributed by atoms with van der Waals surface area (Å²) in [5.74, 6) is 0.326. The second-order valence-electron chi connectivity index (χ2n) is 6.78. The van der Waals surface area contributed by atoms with Crippen molar-refractivity contribution < 1.29 is 5.11 Å². The first-order valence-corrected chi connectivity index (χ1v) is 7.60. The molecule has 0 saturated carbocycles. The summed E-state index contributed by atoms with van der Waals surface area (Å²) in [4.78, 5) is 0. The number of hydrogen-bond acceptors (Lipinski definition) is 2. The molecule has 2 N–H and O–H groups in total. The lowest BCUT2D eigenvalue weighted by Gasteiger charge is -2.31. The first kappa shape index (κ1) is 14.2. The van der Waals surface area contributed by atoms with E-state index in [0.29, 0.717) is 11.8 Å². The molecule has 0 saturated heterocycles. The summed E-state index contributed by atoms with van der Waals surface area (Å²) in [5, 5.41) is 13.4. The van der Waals surface area contributed by atoms with Crippen molar-refractivity contribution in [2.45, 2.75) is 39.3 Å². The van der Waals surface area contributed by atoms with Crippen molar-refractivity contribution in [1.82, 2.24) is 5.32 Å². The Morgan fingerprint density at radius 2 is 1.90 bits per heavy atom. The summed E-state index contributed by atoms with van der Waals surface area (Å²) in [6, 6.07) is 16.8. The third-order valence-corrected chi connectivity index (χ3v) is 4.58. The van der Waals surface area contributed by atoms with Crippen LogP contribution in [0.1, 0.15) is 49.5 Å². The van der Waals surface area contributed by atoms with Gasteiger partial charge in [0.25, 0.3) is 0 Å². The van der Waals surface area contributed by atoms with Crippen LogP contribution in [0, 0.1) is 5.41 Å². The Labute approximate surface area is 126 Å². The molecule has 0 radical (unpaired) electrons. The number of hydrogen-bond donors (Lipinski definition) is 2. The van der Waals surface area contributed by atoms with Gasteiger partial charge in [-0.3, -0.25) is 0 Å². The van der Waals surface area contributed by atoms with E-state index >= 15 is 0 Å². The fourth-order valence-corrected chi connectivity index (χ4v) is 3.45. The van der Waals surface area contributed by atoms with Crippen LogP contribution in [0.3, 0.4) is 0 Å². The number of phenolic OH excluding ortho intramolecular Hbond substituents is 1. The normalized spacial score (nSPS) is 21.0. The van der Waals surface area contributed by atoms with Gasteiger partial charge < -0.3 is 10.4 Å². The lowest BCUT2D eigenvalue weighted by molar-refractivity contribution is 0.252. The lowest BCUT2D eigenvalue weighted by atomic mass is 9.84. The highest BCUT2D eigenvalue weighted by atomic mass is 16.3. The van der Waals surface area contributed by atoms with Gasteiger partial charge >= 0.3 is 0 Å². The second-order valence-corrected chi connectivity index (χ2v) is 6.78. The van der Waals surface area contributed by atoms with Crippen molar-refractivity contribution in [1.29, 1.82) is 0 Å². The van der Waals surface area contributed by atoms with Crippen LogP contribution in [0.4, 0.5) is 0 Å². The molecule has 1 aliphatic carbocycles. The summed E-state index contributed by atoms with van der Waals surface area (Å²) in [5.41, 5.74) is 4.18. The van der Waals surface area contributed by atoms with E-state index in [9.17, 15) is 5.11 Å². The molecule has 21 heavy (non-hydrogen) atoms. The summed E-state index contributed by atoms with van der Waals surface area (Å²) < 4.78 is 0. The minimum absolute atomic E-state index is 0.201. The maximum atomic E-state index is 9.66. The Hall–Kier alpha value is -1.80. The van der Waals surface area contributed by atoms with Gasteiger partial charge in [-0.2, -0.15) is 0 Å². The van der Waals surface area contributed by atoms with Gasteiger partial charge in [-0.15, -0.1) is 0 Å². The molecule has 3 rings (SSSR count). The molecule has 0 fully saturated rings. The third kappa shape index (κ3) is 2.68. The molecule has 0 amide bonds. The van der Waals surface area contributed by atoms with E-state index in [1.165, 1.54) is 11.1 Å². The highest BCUT2D eigenvalue weighted by molar-refractivity contribution is 5.38. The molecule has 2 atom stereocenters. The van der Waals surface area contributed by atoms with Crippen LogP contribution in [-0.4, -0.2) is 5.11 Å². The molecule has 0 heterocycles. The fraction of sp³-hybridized carbons (Fsp3) is 0.368. The molecule has 110 valence electrons. The quantitative estimate of drug-likeness (QED) is 0.875. The maximum Gasteiger partial charge on any atom is 0.115 e. The Morgan fingerprint density at radius 1 is 1.14 bits per heavy atom. The van der Waals surface area contributed by atoms with Crippen LogP contribution in [0.5, 0.6) is 5.75 Å². The summed E-state index contributed by atoms with van der Waals surface area (Å²) in [7, 11) is 0. The minimum Gasteiger partial charge on any atom is -0.508 e. The standard InChI is InChI=1S/C19H23NO/c1-13(14-8-6-9-16(21)11-14)20-18-17-10-5-4-7-15(17)12-19(18,2)3/h4-11,13,18,20-21H,12H2,1-3H3. The molecule has 0 spiro atoms. The lowest BCUT2D eigenvalue weighted by Crippen LogP contribution is -2.33. The molecule has 1 aliphatic rings. The van der Waals surface area contributed by atoms with E-state index in [4.69, 9.17) is 0 Å². The van der Waals surface area contributed by atoms with Crippen LogP contribution in [-0.2, 0) is 6.42 Å². The number of phenols is 1. The predicted molar refractivity (Wildman–Crippen MR) is 86.3 cm³/mol. The minimum atomic E-state index is 0.201. The van der Waals surface area contributed by atoms with Crippen molar-refractivity contribution in [2.24, 2.45) is 5.41 Å². The third-order valence-electron chi connectivity index (χ3n) is 4.58. The van der Waals surface area contributed by atoms with E-state index < -0.39 is 0 Å². The zero-order valence-corrected chi connectivity index (χ0v) is 12.9. The highest BCUT2D eigenvalue weighted by Crippen LogP contribution is 2.46. The molecule has 2 nitrogen and oxygen atoms in total.